The molecule has 1 atom stereocenters. The number of nitrogens with zero attached hydrogens (tertiary/aromatic N) is 1. The molecule has 32 heavy (non-hydrogen) atoms. The van der Waals surface area contributed by atoms with Gasteiger partial charge in [-0.3, -0.25) is 9.59 Å². The molecule has 0 bridgehead atoms. The Balaban J connectivity index is 1.30. The Hall–Kier alpha value is -3.64. The van der Waals surface area contributed by atoms with Crippen molar-refractivity contribution in [2.24, 2.45) is 0 Å². The van der Waals surface area contributed by atoms with Crippen LogP contribution in [0.5, 0.6) is 0 Å². The summed E-state index contributed by atoms with van der Waals surface area (Å²) in [6, 6.07) is 18.9. The molecule has 2 amide bonds. The topological polar surface area (TPSA) is 74.6 Å². The minimum atomic E-state index is -0.135. The summed E-state index contributed by atoms with van der Waals surface area (Å²) >= 11 is 0. The zero-order valence-electron chi connectivity index (χ0n) is 17.9. The molecule has 1 saturated heterocycles. The number of likely N-dealkylation sites (tertiary alicyclic amines) is 1. The normalized spacial score (nSPS) is 19.6. The highest BCUT2D eigenvalue weighted by molar-refractivity contribution is 6.34. The Bertz CT molecular complexity index is 1190. The summed E-state index contributed by atoms with van der Waals surface area (Å²) < 4.78 is 5.97. The van der Waals surface area contributed by atoms with E-state index in [4.69, 9.17) is 4.42 Å². The second-order valence-corrected chi connectivity index (χ2v) is 8.41. The van der Waals surface area contributed by atoms with Gasteiger partial charge in [0.1, 0.15) is 11.5 Å². The molecule has 162 valence electrons. The number of likely N-dealkylation sites (N-methyl/N-ethyl adjacent to an activating group) is 1. The van der Waals surface area contributed by atoms with E-state index in [1.54, 1.807) is 6.08 Å². The van der Waals surface area contributed by atoms with Gasteiger partial charge in [-0.2, -0.15) is 0 Å². The number of carbonyl (C=O) groups is 2. The molecule has 5 rings (SSSR count). The van der Waals surface area contributed by atoms with Crippen molar-refractivity contribution in [3.8, 4) is 11.3 Å². The average Bonchev–Trinajstić information content (AvgIpc) is 3.39. The largest absolute Gasteiger partial charge is 0.457 e. The van der Waals surface area contributed by atoms with Gasteiger partial charge in [0.25, 0.3) is 11.8 Å². The predicted octanol–water partition coefficient (Wildman–Crippen LogP) is 4.26. The first kappa shape index (κ1) is 20.3. The third-order valence-corrected chi connectivity index (χ3v) is 6.01. The highest BCUT2D eigenvalue weighted by atomic mass is 16.3. The third-order valence-electron chi connectivity index (χ3n) is 6.01. The van der Waals surface area contributed by atoms with Gasteiger partial charge in [-0.05, 0) is 62.8 Å². The molecule has 0 aliphatic carbocycles. The Morgan fingerprint density at radius 1 is 1.12 bits per heavy atom. The maximum absolute atomic E-state index is 12.6. The Morgan fingerprint density at radius 3 is 2.75 bits per heavy atom. The molecule has 2 N–H and O–H groups in total. The van der Waals surface area contributed by atoms with Crippen molar-refractivity contribution >= 4 is 29.2 Å². The van der Waals surface area contributed by atoms with Crippen molar-refractivity contribution < 1.29 is 14.0 Å². The predicted molar refractivity (Wildman–Crippen MR) is 125 cm³/mol. The number of amides is 2. The Kier molecular flexibility index (Phi) is 5.37. The standard InChI is InChI=1S/C26H25N3O3/c1-29-14-4-5-19(16-29)27-25(30)18-10-8-17(9-11-18)24-13-12-20(32-24)15-22-21-6-2-3-7-23(21)28-26(22)31/h2-3,6-13,15,19H,4-5,14,16H2,1H3,(H,27,30)(H,28,31). The van der Waals surface area contributed by atoms with E-state index in [2.05, 4.69) is 22.6 Å². The van der Waals surface area contributed by atoms with Crippen LogP contribution in [0, 0.1) is 0 Å². The number of hydrogen-bond donors (Lipinski definition) is 2. The van der Waals surface area contributed by atoms with Gasteiger partial charge in [0.2, 0.25) is 0 Å². The van der Waals surface area contributed by atoms with Crippen molar-refractivity contribution in [2.45, 2.75) is 18.9 Å². The average molecular weight is 428 g/mol. The third kappa shape index (κ3) is 4.09. The summed E-state index contributed by atoms with van der Waals surface area (Å²) in [4.78, 5) is 27.2. The van der Waals surface area contributed by atoms with E-state index in [9.17, 15) is 9.59 Å². The van der Waals surface area contributed by atoms with Gasteiger partial charge in [-0.15, -0.1) is 0 Å². The molecular weight excluding hydrogens is 402 g/mol. The lowest BCUT2D eigenvalue weighted by Crippen LogP contribution is -2.46. The van der Waals surface area contributed by atoms with E-state index in [1.807, 2.05) is 60.7 Å². The summed E-state index contributed by atoms with van der Waals surface area (Å²) in [5, 5.41) is 6.00. The highest BCUT2D eigenvalue weighted by Gasteiger charge is 2.24. The lowest BCUT2D eigenvalue weighted by molar-refractivity contribution is -0.110. The van der Waals surface area contributed by atoms with E-state index in [1.165, 1.54) is 0 Å². The van der Waals surface area contributed by atoms with E-state index in [0.29, 0.717) is 22.7 Å². The van der Waals surface area contributed by atoms with E-state index in [0.717, 1.165) is 42.7 Å². The number of fused-ring (bicyclic) bond motifs is 1. The first-order chi connectivity index (χ1) is 15.6. The van der Waals surface area contributed by atoms with Crippen LogP contribution < -0.4 is 10.6 Å². The monoisotopic (exact) mass is 427 g/mol. The van der Waals surface area contributed by atoms with Gasteiger partial charge in [-0.25, -0.2) is 0 Å². The number of furan rings is 1. The summed E-state index contributed by atoms with van der Waals surface area (Å²) in [5.74, 6) is 1.10. The minimum absolute atomic E-state index is 0.0485. The second kappa shape index (κ2) is 8.48. The molecule has 2 aromatic carbocycles. The number of carbonyl (C=O) groups excluding carboxylic acids is 2. The van der Waals surface area contributed by atoms with E-state index >= 15 is 0 Å². The van der Waals surface area contributed by atoms with Gasteiger partial charge >= 0.3 is 0 Å². The van der Waals surface area contributed by atoms with Crippen LogP contribution in [-0.4, -0.2) is 42.9 Å². The molecule has 1 unspecified atom stereocenters. The second-order valence-electron chi connectivity index (χ2n) is 8.41. The number of para-hydroxylation sites is 1. The van der Waals surface area contributed by atoms with Crippen LogP contribution in [0.15, 0.2) is 65.1 Å². The molecule has 6 nitrogen and oxygen atoms in total. The van der Waals surface area contributed by atoms with Gasteiger partial charge in [0, 0.05) is 35.0 Å². The number of hydrogen-bond acceptors (Lipinski definition) is 4. The van der Waals surface area contributed by atoms with Gasteiger partial charge in [0.05, 0.1) is 5.57 Å². The summed E-state index contributed by atoms with van der Waals surface area (Å²) in [6.45, 7) is 1.97. The number of nitrogens with one attached hydrogen (secondary N) is 2. The van der Waals surface area contributed by atoms with Gasteiger partial charge in [-0.1, -0.05) is 30.3 Å². The van der Waals surface area contributed by atoms with Crippen molar-refractivity contribution in [2.75, 3.05) is 25.5 Å². The van der Waals surface area contributed by atoms with Crippen molar-refractivity contribution in [3.05, 3.63) is 77.6 Å². The quantitative estimate of drug-likeness (QED) is 0.610. The zero-order chi connectivity index (χ0) is 22.1. The number of anilines is 1. The van der Waals surface area contributed by atoms with E-state index < -0.39 is 0 Å². The maximum Gasteiger partial charge on any atom is 0.256 e. The highest BCUT2D eigenvalue weighted by Crippen LogP contribution is 2.33. The fraction of sp³-hybridized carbons (Fsp3) is 0.231. The number of piperidine rings is 1. The van der Waals surface area contributed by atoms with Crippen LogP contribution in [0.1, 0.15) is 34.5 Å². The molecule has 0 radical (unpaired) electrons. The Labute approximate surface area is 186 Å². The molecule has 3 heterocycles. The molecule has 0 saturated carbocycles. The molecule has 2 aliphatic heterocycles. The molecular formula is C26H25N3O3. The van der Waals surface area contributed by atoms with Crippen molar-refractivity contribution in [1.82, 2.24) is 10.2 Å². The van der Waals surface area contributed by atoms with E-state index in [-0.39, 0.29) is 17.9 Å². The number of rotatable bonds is 4. The first-order valence-electron chi connectivity index (χ1n) is 10.9. The van der Waals surface area contributed by atoms with Crippen LogP contribution in [0.25, 0.3) is 23.0 Å². The van der Waals surface area contributed by atoms with Crippen molar-refractivity contribution in [1.29, 1.82) is 0 Å². The molecule has 6 heteroatoms. The van der Waals surface area contributed by atoms with Gasteiger partial charge in [0.15, 0.2) is 0 Å². The molecule has 2 aliphatic rings. The van der Waals surface area contributed by atoms with Crippen LogP contribution >= 0.6 is 0 Å². The fourth-order valence-electron chi connectivity index (χ4n) is 4.35. The minimum Gasteiger partial charge on any atom is -0.457 e. The van der Waals surface area contributed by atoms with Gasteiger partial charge < -0.3 is 20.0 Å². The Morgan fingerprint density at radius 2 is 1.94 bits per heavy atom. The van der Waals surface area contributed by atoms with Crippen LogP contribution in [0.3, 0.4) is 0 Å². The van der Waals surface area contributed by atoms with Crippen LogP contribution in [0.4, 0.5) is 5.69 Å². The molecule has 1 fully saturated rings. The SMILES string of the molecule is CN1CCCC(NC(=O)c2ccc(-c3ccc(C=C4C(=O)Nc5ccccc54)o3)cc2)C1. The smallest absolute Gasteiger partial charge is 0.256 e. The van der Waals surface area contributed by atoms with Crippen LogP contribution in [0.2, 0.25) is 0 Å². The lowest BCUT2D eigenvalue weighted by Gasteiger charge is -2.30. The maximum atomic E-state index is 12.6. The van der Waals surface area contributed by atoms with Crippen molar-refractivity contribution in [3.63, 3.8) is 0 Å². The summed E-state index contributed by atoms with van der Waals surface area (Å²) in [7, 11) is 2.08. The number of benzene rings is 2. The molecule has 1 aromatic heterocycles. The summed E-state index contributed by atoms with van der Waals surface area (Å²) in [6.07, 6.45) is 3.87. The zero-order valence-corrected chi connectivity index (χ0v) is 17.9. The lowest BCUT2D eigenvalue weighted by atomic mass is 10.0. The fourth-order valence-corrected chi connectivity index (χ4v) is 4.35. The first-order valence-corrected chi connectivity index (χ1v) is 10.9. The molecule has 3 aromatic rings. The molecule has 0 spiro atoms. The van der Waals surface area contributed by atoms with Crippen LogP contribution in [-0.2, 0) is 4.79 Å². The summed E-state index contributed by atoms with van der Waals surface area (Å²) in [5.41, 5.74) is 3.77.